The molecule has 0 saturated heterocycles. The standard InChI is InChI=1S/C15H21F2N/c1-12(2)11-18-10-5-3-4-7-13-8-6-9-14(16)15(13)17/h3-4,6,8-9,12,18H,5,7,10-11H2,1-2H3. The van der Waals surface area contributed by atoms with Crippen molar-refractivity contribution < 1.29 is 8.78 Å². The maximum Gasteiger partial charge on any atom is 0.162 e. The minimum absolute atomic E-state index is 0.404. The first kappa shape index (κ1) is 14.8. The zero-order valence-electron chi connectivity index (χ0n) is 11.0. The van der Waals surface area contributed by atoms with Crippen molar-refractivity contribution >= 4 is 0 Å². The third kappa shape index (κ3) is 5.41. The summed E-state index contributed by atoms with van der Waals surface area (Å²) in [6, 6.07) is 4.28. The van der Waals surface area contributed by atoms with Crippen LogP contribution in [0.15, 0.2) is 30.4 Å². The molecule has 1 nitrogen and oxygen atoms in total. The number of allylic oxidation sites excluding steroid dienone is 1. The van der Waals surface area contributed by atoms with E-state index in [1.165, 1.54) is 6.07 Å². The molecule has 0 aromatic heterocycles. The van der Waals surface area contributed by atoms with Crippen LogP contribution in [0.25, 0.3) is 0 Å². The van der Waals surface area contributed by atoms with Crippen molar-refractivity contribution in [2.45, 2.75) is 26.7 Å². The van der Waals surface area contributed by atoms with Crippen molar-refractivity contribution in [1.82, 2.24) is 5.32 Å². The minimum atomic E-state index is -0.778. The number of hydrogen-bond acceptors (Lipinski definition) is 1. The van der Waals surface area contributed by atoms with Gasteiger partial charge in [-0.25, -0.2) is 8.78 Å². The normalized spacial score (nSPS) is 11.6. The van der Waals surface area contributed by atoms with E-state index in [-0.39, 0.29) is 0 Å². The molecule has 1 aromatic carbocycles. The molecular formula is C15H21F2N. The maximum absolute atomic E-state index is 13.3. The summed E-state index contributed by atoms with van der Waals surface area (Å²) in [5.74, 6) is -0.866. The van der Waals surface area contributed by atoms with Crippen LogP contribution in [0.4, 0.5) is 8.78 Å². The zero-order valence-corrected chi connectivity index (χ0v) is 11.0. The Hall–Kier alpha value is -1.22. The molecule has 18 heavy (non-hydrogen) atoms. The van der Waals surface area contributed by atoms with Gasteiger partial charge in [0.2, 0.25) is 0 Å². The average Bonchev–Trinajstić information content (AvgIpc) is 2.32. The van der Waals surface area contributed by atoms with Gasteiger partial charge in [-0.1, -0.05) is 38.1 Å². The highest BCUT2D eigenvalue weighted by atomic mass is 19.2. The Morgan fingerprint density at radius 3 is 2.72 bits per heavy atom. The summed E-state index contributed by atoms with van der Waals surface area (Å²) in [4.78, 5) is 0. The van der Waals surface area contributed by atoms with E-state index < -0.39 is 11.6 Å². The highest BCUT2D eigenvalue weighted by molar-refractivity contribution is 5.21. The van der Waals surface area contributed by atoms with E-state index in [9.17, 15) is 8.78 Å². The van der Waals surface area contributed by atoms with E-state index in [1.54, 1.807) is 6.07 Å². The van der Waals surface area contributed by atoms with Crippen LogP contribution in [0.2, 0.25) is 0 Å². The molecule has 0 radical (unpaired) electrons. The fourth-order valence-electron chi connectivity index (χ4n) is 1.61. The van der Waals surface area contributed by atoms with Crippen molar-refractivity contribution in [2.75, 3.05) is 13.1 Å². The zero-order chi connectivity index (χ0) is 13.4. The molecule has 0 aliphatic heterocycles. The molecule has 3 heteroatoms. The molecule has 0 heterocycles. The smallest absolute Gasteiger partial charge is 0.162 e. The Bertz CT molecular complexity index is 386. The van der Waals surface area contributed by atoms with Gasteiger partial charge in [0.1, 0.15) is 0 Å². The lowest BCUT2D eigenvalue weighted by molar-refractivity contribution is 0.501. The van der Waals surface area contributed by atoms with Gasteiger partial charge in [0.25, 0.3) is 0 Å². The molecule has 0 bridgehead atoms. The van der Waals surface area contributed by atoms with Gasteiger partial charge in [-0.3, -0.25) is 0 Å². The van der Waals surface area contributed by atoms with Gasteiger partial charge in [0.05, 0.1) is 0 Å². The van der Waals surface area contributed by atoms with E-state index in [0.717, 1.165) is 25.6 Å². The van der Waals surface area contributed by atoms with Gasteiger partial charge in [0, 0.05) is 0 Å². The number of nitrogens with one attached hydrogen (secondary N) is 1. The summed E-state index contributed by atoms with van der Waals surface area (Å²) >= 11 is 0. The van der Waals surface area contributed by atoms with Crippen LogP contribution in [-0.4, -0.2) is 13.1 Å². The summed E-state index contributed by atoms with van der Waals surface area (Å²) in [6.07, 6.45) is 5.23. The molecule has 0 fully saturated rings. The molecule has 1 N–H and O–H groups in total. The largest absolute Gasteiger partial charge is 0.316 e. The topological polar surface area (TPSA) is 12.0 Å². The van der Waals surface area contributed by atoms with Crippen molar-refractivity contribution in [3.8, 4) is 0 Å². The first-order valence-electron chi connectivity index (χ1n) is 6.40. The van der Waals surface area contributed by atoms with Gasteiger partial charge < -0.3 is 5.32 Å². The summed E-state index contributed by atoms with van der Waals surface area (Å²) in [7, 11) is 0. The highest BCUT2D eigenvalue weighted by Gasteiger charge is 2.04. The fraction of sp³-hybridized carbons (Fsp3) is 0.467. The highest BCUT2D eigenvalue weighted by Crippen LogP contribution is 2.12. The number of rotatable bonds is 7. The Morgan fingerprint density at radius 1 is 1.22 bits per heavy atom. The third-order valence-corrected chi connectivity index (χ3v) is 2.58. The van der Waals surface area contributed by atoms with E-state index in [1.807, 2.05) is 12.2 Å². The SMILES string of the molecule is CC(C)CNCCC=CCc1cccc(F)c1F. The lowest BCUT2D eigenvalue weighted by Gasteiger charge is -2.05. The van der Waals surface area contributed by atoms with Crippen LogP contribution >= 0.6 is 0 Å². The van der Waals surface area contributed by atoms with E-state index in [4.69, 9.17) is 0 Å². The van der Waals surface area contributed by atoms with E-state index >= 15 is 0 Å². The summed E-state index contributed by atoms with van der Waals surface area (Å²) in [5, 5.41) is 3.32. The second-order valence-electron chi connectivity index (χ2n) is 4.78. The van der Waals surface area contributed by atoms with Crippen molar-refractivity contribution in [1.29, 1.82) is 0 Å². The summed E-state index contributed by atoms with van der Waals surface area (Å²) in [6.45, 7) is 6.25. The molecular weight excluding hydrogens is 232 g/mol. The number of benzene rings is 1. The van der Waals surface area contributed by atoms with Gasteiger partial charge in [-0.05, 0) is 43.5 Å². The van der Waals surface area contributed by atoms with Crippen LogP contribution in [0, 0.1) is 17.6 Å². The molecule has 1 aromatic rings. The number of hydrogen-bond donors (Lipinski definition) is 1. The van der Waals surface area contributed by atoms with Crippen LogP contribution in [0.5, 0.6) is 0 Å². The molecule has 0 amide bonds. The van der Waals surface area contributed by atoms with Gasteiger partial charge in [0.15, 0.2) is 11.6 Å². The first-order valence-corrected chi connectivity index (χ1v) is 6.40. The molecule has 0 unspecified atom stereocenters. The monoisotopic (exact) mass is 253 g/mol. The minimum Gasteiger partial charge on any atom is -0.316 e. The van der Waals surface area contributed by atoms with Crippen LogP contribution in [-0.2, 0) is 6.42 Å². The Kier molecular flexibility index (Phi) is 6.58. The van der Waals surface area contributed by atoms with E-state index in [2.05, 4.69) is 19.2 Å². The van der Waals surface area contributed by atoms with Crippen molar-refractivity contribution in [2.24, 2.45) is 5.92 Å². The number of halogens is 2. The van der Waals surface area contributed by atoms with Gasteiger partial charge in [-0.15, -0.1) is 0 Å². The lowest BCUT2D eigenvalue weighted by Crippen LogP contribution is -2.20. The molecule has 0 aliphatic carbocycles. The molecule has 0 aliphatic rings. The molecule has 0 atom stereocenters. The molecule has 0 spiro atoms. The van der Waals surface area contributed by atoms with Crippen molar-refractivity contribution in [3.63, 3.8) is 0 Å². The van der Waals surface area contributed by atoms with Crippen LogP contribution in [0.1, 0.15) is 25.8 Å². The van der Waals surface area contributed by atoms with Gasteiger partial charge >= 0.3 is 0 Å². The van der Waals surface area contributed by atoms with Gasteiger partial charge in [-0.2, -0.15) is 0 Å². The predicted octanol–water partition coefficient (Wildman–Crippen LogP) is 3.70. The molecule has 0 saturated carbocycles. The predicted molar refractivity (Wildman–Crippen MR) is 71.5 cm³/mol. The maximum atomic E-state index is 13.3. The average molecular weight is 253 g/mol. The quantitative estimate of drug-likeness (QED) is 0.577. The van der Waals surface area contributed by atoms with Crippen LogP contribution in [0.3, 0.4) is 0 Å². The second kappa shape index (κ2) is 7.98. The lowest BCUT2D eigenvalue weighted by atomic mass is 10.1. The fourth-order valence-corrected chi connectivity index (χ4v) is 1.61. The second-order valence-corrected chi connectivity index (χ2v) is 4.78. The van der Waals surface area contributed by atoms with Crippen molar-refractivity contribution in [3.05, 3.63) is 47.5 Å². The Morgan fingerprint density at radius 2 is 2.00 bits per heavy atom. The summed E-state index contributed by atoms with van der Waals surface area (Å²) < 4.78 is 26.2. The molecule has 1 rings (SSSR count). The van der Waals surface area contributed by atoms with Crippen LogP contribution < -0.4 is 5.32 Å². The third-order valence-electron chi connectivity index (χ3n) is 2.58. The Balaban J connectivity index is 2.26. The van der Waals surface area contributed by atoms with E-state index in [0.29, 0.717) is 17.9 Å². The summed E-state index contributed by atoms with van der Waals surface area (Å²) in [5.41, 5.74) is 0.404. The first-order chi connectivity index (χ1) is 8.61. The Labute approximate surface area is 108 Å². The molecule has 100 valence electrons.